The zero-order chi connectivity index (χ0) is 9.80. The highest BCUT2D eigenvalue weighted by molar-refractivity contribution is 5.76. The van der Waals surface area contributed by atoms with E-state index in [1.807, 2.05) is 36.6 Å². The van der Waals surface area contributed by atoms with Gasteiger partial charge in [0.2, 0.25) is 6.29 Å². The molecule has 0 spiro atoms. The molecule has 0 unspecified atom stereocenters. The number of aromatic nitrogens is 1. The van der Waals surface area contributed by atoms with Gasteiger partial charge in [0.05, 0.1) is 5.69 Å². The first-order valence-electron chi connectivity index (χ1n) is 4.30. The van der Waals surface area contributed by atoms with Crippen LogP contribution in [-0.4, -0.2) is 11.3 Å². The van der Waals surface area contributed by atoms with Crippen LogP contribution >= 0.6 is 0 Å². The van der Waals surface area contributed by atoms with Crippen LogP contribution in [0.3, 0.4) is 0 Å². The molecule has 0 bridgehead atoms. The number of pyridine rings is 1. The van der Waals surface area contributed by atoms with Gasteiger partial charge in [0.15, 0.2) is 0 Å². The van der Waals surface area contributed by atoms with Crippen LogP contribution in [-0.2, 0) is 4.79 Å². The summed E-state index contributed by atoms with van der Waals surface area (Å²) in [6.45, 7) is 0. The summed E-state index contributed by atoms with van der Waals surface area (Å²) in [5.74, 6) is 0. The quantitative estimate of drug-likeness (QED) is 0.712. The minimum atomic E-state index is 0.560. The molecule has 0 amide bonds. The molecule has 0 aliphatic rings. The Kier molecular flexibility index (Phi) is 2.36. The molecule has 0 atom stereocenters. The lowest BCUT2D eigenvalue weighted by molar-refractivity contribution is 0.563. The van der Waals surface area contributed by atoms with Crippen molar-refractivity contribution in [2.45, 2.75) is 0 Å². The van der Waals surface area contributed by atoms with Gasteiger partial charge in [-0.2, -0.15) is 0 Å². The van der Waals surface area contributed by atoms with Crippen LogP contribution in [0.5, 0.6) is 0 Å². The molecule has 0 saturated carbocycles. The Hall–Kier alpha value is -1.96. The maximum atomic E-state index is 10.3. The minimum absolute atomic E-state index is 0.560. The molecule has 2 aromatic rings. The van der Waals surface area contributed by atoms with Crippen molar-refractivity contribution in [3.05, 3.63) is 54.2 Å². The van der Waals surface area contributed by atoms with Crippen LogP contribution in [0.25, 0.3) is 11.3 Å². The van der Waals surface area contributed by atoms with Crippen LogP contribution in [0, 0.1) is 0 Å². The van der Waals surface area contributed by atoms with E-state index in [2.05, 4.69) is 4.98 Å². The standard InChI is InChI=1S/C12H8NO/c14-9-10-4-6-11(7-5-10)12-3-1-2-8-13-12/h1-8H. The van der Waals surface area contributed by atoms with Crippen LogP contribution in [0.1, 0.15) is 5.56 Å². The molecule has 67 valence electrons. The molecule has 1 radical (unpaired) electrons. The zero-order valence-corrected chi connectivity index (χ0v) is 7.47. The summed E-state index contributed by atoms with van der Waals surface area (Å²) in [6, 6.07) is 12.9. The molecule has 2 nitrogen and oxygen atoms in total. The van der Waals surface area contributed by atoms with E-state index in [1.54, 1.807) is 18.3 Å². The summed E-state index contributed by atoms with van der Waals surface area (Å²) in [5, 5.41) is 0. The smallest absolute Gasteiger partial charge is 0.233 e. The maximum absolute atomic E-state index is 10.3. The van der Waals surface area contributed by atoms with Crippen molar-refractivity contribution < 1.29 is 4.79 Å². The van der Waals surface area contributed by atoms with Crippen molar-refractivity contribution >= 4 is 6.29 Å². The van der Waals surface area contributed by atoms with E-state index >= 15 is 0 Å². The van der Waals surface area contributed by atoms with Crippen LogP contribution in [0.4, 0.5) is 0 Å². The molecule has 14 heavy (non-hydrogen) atoms. The lowest BCUT2D eigenvalue weighted by Crippen LogP contribution is -1.83. The zero-order valence-electron chi connectivity index (χ0n) is 7.47. The molecule has 0 N–H and O–H groups in total. The summed E-state index contributed by atoms with van der Waals surface area (Å²) < 4.78 is 0. The summed E-state index contributed by atoms with van der Waals surface area (Å²) in [6.07, 6.45) is 3.58. The van der Waals surface area contributed by atoms with Crippen LogP contribution in [0.15, 0.2) is 48.7 Å². The SMILES string of the molecule is O=[C]c1ccc(-c2ccccn2)cc1. The summed E-state index contributed by atoms with van der Waals surface area (Å²) in [7, 11) is 0. The van der Waals surface area contributed by atoms with E-state index in [-0.39, 0.29) is 0 Å². The van der Waals surface area contributed by atoms with Gasteiger partial charge in [-0.1, -0.05) is 30.3 Å². The van der Waals surface area contributed by atoms with Crippen molar-refractivity contribution in [3.63, 3.8) is 0 Å². The highest BCUT2D eigenvalue weighted by atomic mass is 16.1. The van der Waals surface area contributed by atoms with Gasteiger partial charge >= 0.3 is 0 Å². The molecule has 1 aromatic carbocycles. The molecule has 0 aliphatic heterocycles. The van der Waals surface area contributed by atoms with Crippen LogP contribution in [0.2, 0.25) is 0 Å². The van der Waals surface area contributed by atoms with E-state index in [4.69, 9.17) is 0 Å². The number of carbonyl (C=O) groups excluding carboxylic acids is 1. The highest BCUT2D eigenvalue weighted by Gasteiger charge is 1.97. The van der Waals surface area contributed by atoms with Crippen molar-refractivity contribution in [1.82, 2.24) is 4.98 Å². The van der Waals surface area contributed by atoms with Gasteiger partial charge < -0.3 is 0 Å². The van der Waals surface area contributed by atoms with E-state index in [0.717, 1.165) is 11.3 Å². The van der Waals surface area contributed by atoms with Gasteiger partial charge in [-0.05, 0) is 12.1 Å². The second-order valence-electron chi connectivity index (χ2n) is 2.89. The second kappa shape index (κ2) is 3.83. The topological polar surface area (TPSA) is 30.0 Å². The molecular formula is C12H8NO. The predicted octanol–water partition coefficient (Wildman–Crippen LogP) is 2.21. The Morgan fingerprint density at radius 1 is 1.00 bits per heavy atom. The lowest BCUT2D eigenvalue weighted by atomic mass is 10.1. The van der Waals surface area contributed by atoms with Gasteiger partial charge in [0.25, 0.3) is 0 Å². The Morgan fingerprint density at radius 3 is 2.36 bits per heavy atom. The molecule has 1 heterocycles. The van der Waals surface area contributed by atoms with Gasteiger partial charge in [0.1, 0.15) is 0 Å². The number of hydrogen-bond donors (Lipinski definition) is 0. The minimum Gasteiger partial charge on any atom is -0.285 e. The number of hydrogen-bond acceptors (Lipinski definition) is 2. The molecule has 0 saturated heterocycles. The molecule has 1 aromatic heterocycles. The predicted molar refractivity (Wildman–Crippen MR) is 54.5 cm³/mol. The van der Waals surface area contributed by atoms with E-state index in [1.165, 1.54) is 0 Å². The largest absolute Gasteiger partial charge is 0.285 e. The Morgan fingerprint density at radius 2 is 1.79 bits per heavy atom. The van der Waals surface area contributed by atoms with Crippen LogP contribution < -0.4 is 0 Å². The van der Waals surface area contributed by atoms with Gasteiger partial charge in [-0.15, -0.1) is 0 Å². The Bertz CT molecular complexity index is 420. The average molecular weight is 182 g/mol. The summed E-state index contributed by atoms with van der Waals surface area (Å²) >= 11 is 0. The maximum Gasteiger partial charge on any atom is 0.233 e. The van der Waals surface area contributed by atoms with E-state index < -0.39 is 0 Å². The third kappa shape index (κ3) is 1.69. The molecule has 2 rings (SSSR count). The summed E-state index contributed by atoms with van der Waals surface area (Å²) in [4.78, 5) is 14.5. The van der Waals surface area contributed by atoms with Crippen molar-refractivity contribution in [3.8, 4) is 11.3 Å². The number of rotatable bonds is 2. The van der Waals surface area contributed by atoms with E-state index in [0.29, 0.717) is 5.56 Å². The third-order valence-corrected chi connectivity index (χ3v) is 1.96. The van der Waals surface area contributed by atoms with Gasteiger partial charge in [0, 0.05) is 17.3 Å². The Balaban J connectivity index is 2.39. The molecule has 2 heteroatoms. The first-order chi connectivity index (χ1) is 6.90. The molecular weight excluding hydrogens is 174 g/mol. The van der Waals surface area contributed by atoms with Gasteiger partial charge in [-0.25, -0.2) is 0 Å². The number of nitrogens with zero attached hydrogens (tertiary/aromatic N) is 1. The average Bonchev–Trinajstić information content (AvgIpc) is 2.30. The normalized spacial score (nSPS) is 9.71. The van der Waals surface area contributed by atoms with Crippen molar-refractivity contribution in [1.29, 1.82) is 0 Å². The molecule has 0 aliphatic carbocycles. The van der Waals surface area contributed by atoms with Crippen molar-refractivity contribution in [2.24, 2.45) is 0 Å². The fourth-order valence-corrected chi connectivity index (χ4v) is 1.24. The highest BCUT2D eigenvalue weighted by Crippen LogP contribution is 2.15. The molecule has 0 fully saturated rings. The fraction of sp³-hybridized carbons (Fsp3) is 0. The van der Waals surface area contributed by atoms with E-state index in [9.17, 15) is 4.79 Å². The first kappa shape index (κ1) is 8.63. The van der Waals surface area contributed by atoms with Crippen molar-refractivity contribution in [2.75, 3.05) is 0 Å². The Labute approximate surface area is 82.2 Å². The second-order valence-corrected chi connectivity index (χ2v) is 2.89. The monoisotopic (exact) mass is 182 g/mol. The fourth-order valence-electron chi connectivity index (χ4n) is 1.24. The lowest BCUT2D eigenvalue weighted by Gasteiger charge is -1.99. The first-order valence-corrected chi connectivity index (χ1v) is 4.30. The third-order valence-electron chi connectivity index (χ3n) is 1.96. The van der Waals surface area contributed by atoms with Gasteiger partial charge in [-0.3, -0.25) is 9.78 Å². The number of benzene rings is 1. The summed E-state index contributed by atoms with van der Waals surface area (Å²) in [5.41, 5.74) is 2.47.